The summed E-state index contributed by atoms with van der Waals surface area (Å²) in [5.41, 5.74) is 4.37. The van der Waals surface area contributed by atoms with Crippen LogP contribution in [0.25, 0.3) is 0 Å². The van der Waals surface area contributed by atoms with E-state index in [-0.39, 0.29) is 36.1 Å². The Hall–Kier alpha value is -3.20. The largest absolute Gasteiger partial charge is 0.508 e. The first-order chi connectivity index (χ1) is 13.4. The summed E-state index contributed by atoms with van der Waals surface area (Å²) in [5, 5.41) is 9.58. The number of aryl methyl sites for hydroxylation is 2. The van der Waals surface area contributed by atoms with Crippen LogP contribution in [-0.4, -0.2) is 16.7 Å². The van der Waals surface area contributed by atoms with E-state index in [0.717, 1.165) is 16.7 Å². The van der Waals surface area contributed by atoms with Gasteiger partial charge in [0.05, 0.1) is 0 Å². The second-order valence-corrected chi connectivity index (χ2v) is 7.28. The van der Waals surface area contributed by atoms with Gasteiger partial charge in [-0.3, -0.25) is 9.59 Å². The van der Waals surface area contributed by atoms with Gasteiger partial charge in [0.25, 0.3) is 0 Å². The summed E-state index contributed by atoms with van der Waals surface area (Å²) in [4.78, 5) is 25.6. The Kier molecular flexibility index (Phi) is 6.05. The molecule has 3 rings (SSSR count). The summed E-state index contributed by atoms with van der Waals surface area (Å²) in [6.07, 6.45) is 0.483. The number of carbonyl (C=O) groups is 2. The molecule has 0 fully saturated rings. The fraction of sp³-hybridized carbons (Fsp3) is 0.200. The Bertz CT molecular complexity index is 893. The number of hydrogen-bond acceptors (Lipinski definition) is 3. The molecule has 0 aliphatic rings. The zero-order chi connectivity index (χ0) is 20.1. The van der Waals surface area contributed by atoms with Gasteiger partial charge in [0.2, 0.25) is 0 Å². The molecule has 1 N–H and O–H groups in total. The van der Waals surface area contributed by atoms with Crippen LogP contribution in [0.3, 0.4) is 0 Å². The molecule has 0 amide bonds. The van der Waals surface area contributed by atoms with E-state index in [1.807, 2.05) is 62.4 Å². The van der Waals surface area contributed by atoms with Gasteiger partial charge in [-0.2, -0.15) is 0 Å². The first-order valence-corrected chi connectivity index (χ1v) is 9.41. The predicted octanol–water partition coefficient (Wildman–Crippen LogP) is 5.64. The van der Waals surface area contributed by atoms with Crippen molar-refractivity contribution in [2.24, 2.45) is 0 Å². The molecule has 0 unspecified atom stereocenters. The average Bonchev–Trinajstić information content (AvgIpc) is 2.69. The van der Waals surface area contributed by atoms with Gasteiger partial charge < -0.3 is 5.11 Å². The van der Waals surface area contributed by atoms with E-state index in [2.05, 4.69) is 0 Å². The normalized spacial score (nSPS) is 10.8. The van der Waals surface area contributed by atoms with Gasteiger partial charge in [0, 0.05) is 24.0 Å². The summed E-state index contributed by atoms with van der Waals surface area (Å²) in [6, 6.07) is 21.7. The highest BCUT2D eigenvalue weighted by Crippen LogP contribution is 2.28. The van der Waals surface area contributed by atoms with E-state index in [1.54, 1.807) is 24.3 Å². The van der Waals surface area contributed by atoms with Crippen LogP contribution in [0.5, 0.6) is 5.75 Å². The second kappa shape index (κ2) is 8.66. The maximum absolute atomic E-state index is 12.8. The molecule has 142 valence electrons. The highest BCUT2D eigenvalue weighted by Gasteiger charge is 2.21. The molecule has 0 atom stereocenters. The van der Waals surface area contributed by atoms with Crippen LogP contribution < -0.4 is 0 Å². The number of phenolic OH excluding ortho intramolecular Hbond substituents is 1. The van der Waals surface area contributed by atoms with E-state index in [1.165, 1.54) is 0 Å². The van der Waals surface area contributed by atoms with Gasteiger partial charge in [-0.05, 0) is 37.5 Å². The lowest BCUT2D eigenvalue weighted by molar-refractivity contribution is 0.0944. The molecule has 28 heavy (non-hydrogen) atoms. The summed E-state index contributed by atoms with van der Waals surface area (Å²) in [7, 11) is 0. The first kappa shape index (κ1) is 19.6. The number of ketones is 2. The molecule has 3 heteroatoms. The molecule has 0 heterocycles. The number of hydrogen-bond donors (Lipinski definition) is 1. The average molecular weight is 372 g/mol. The number of rotatable bonds is 7. The number of benzene rings is 3. The van der Waals surface area contributed by atoms with Crippen molar-refractivity contribution < 1.29 is 14.7 Å². The number of carbonyl (C=O) groups excluding carboxylic acids is 2. The van der Waals surface area contributed by atoms with Crippen molar-refractivity contribution in [2.75, 3.05) is 0 Å². The molecule has 3 aromatic rings. The lowest BCUT2D eigenvalue weighted by atomic mass is 9.86. The van der Waals surface area contributed by atoms with Gasteiger partial charge in [-0.1, -0.05) is 71.8 Å². The molecule has 0 aliphatic carbocycles. The standard InChI is InChI=1S/C25H24O3/c1-17-3-7-20(8-4-17)24(27)15-22(19-11-13-23(26)14-12-19)16-25(28)21-9-5-18(2)6-10-21/h3-14,22,26H,15-16H2,1-2H3. The van der Waals surface area contributed by atoms with Crippen LogP contribution in [0.15, 0.2) is 72.8 Å². The zero-order valence-electron chi connectivity index (χ0n) is 16.2. The van der Waals surface area contributed by atoms with E-state index >= 15 is 0 Å². The number of Topliss-reactive ketones (excluding diaryl/α,β-unsaturated/α-hetero) is 2. The fourth-order valence-electron chi connectivity index (χ4n) is 3.22. The third-order valence-electron chi connectivity index (χ3n) is 4.98. The minimum atomic E-state index is -0.247. The highest BCUT2D eigenvalue weighted by molar-refractivity contribution is 5.99. The second-order valence-electron chi connectivity index (χ2n) is 7.28. The zero-order valence-corrected chi connectivity index (χ0v) is 16.2. The van der Waals surface area contributed by atoms with Crippen molar-refractivity contribution in [3.8, 4) is 5.75 Å². The third-order valence-corrected chi connectivity index (χ3v) is 4.98. The smallest absolute Gasteiger partial charge is 0.163 e. The Balaban J connectivity index is 1.83. The fourth-order valence-corrected chi connectivity index (χ4v) is 3.22. The van der Waals surface area contributed by atoms with Crippen molar-refractivity contribution in [1.82, 2.24) is 0 Å². The SMILES string of the molecule is Cc1ccc(C(=O)CC(CC(=O)c2ccc(C)cc2)c2ccc(O)cc2)cc1. The third kappa shape index (κ3) is 4.95. The van der Waals surface area contributed by atoms with Crippen LogP contribution >= 0.6 is 0 Å². The van der Waals surface area contributed by atoms with Gasteiger partial charge >= 0.3 is 0 Å². The summed E-state index contributed by atoms with van der Waals surface area (Å²) >= 11 is 0. The molecule has 0 aromatic heterocycles. The maximum Gasteiger partial charge on any atom is 0.163 e. The van der Waals surface area contributed by atoms with Crippen molar-refractivity contribution in [3.05, 3.63) is 101 Å². The maximum atomic E-state index is 12.8. The Labute approximate surface area is 165 Å². The monoisotopic (exact) mass is 372 g/mol. The molecule has 3 aromatic carbocycles. The van der Waals surface area contributed by atoms with Gasteiger partial charge in [0.1, 0.15) is 5.75 Å². The molecular formula is C25H24O3. The molecule has 0 saturated heterocycles. The molecule has 0 bridgehead atoms. The minimum Gasteiger partial charge on any atom is -0.508 e. The lowest BCUT2D eigenvalue weighted by Crippen LogP contribution is -2.13. The van der Waals surface area contributed by atoms with Gasteiger partial charge in [-0.15, -0.1) is 0 Å². The Morgan fingerprint density at radius 3 is 1.46 bits per heavy atom. The van der Waals surface area contributed by atoms with Crippen molar-refractivity contribution >= 4 is 11.6 Å². The van der Waals surface area contributed by atoms with Crippen LogP contribution in [0.2, 0.25) is 0 Å². The topological polar surface area (TPSA) is 54.4 Å². The minimum absolute atomic E-state index is 0.00906. The van der Waals surface area contributed by atoms with Crippen LogP contribution in [-0.2, 0) is 0 Å². The molecule has 0 saturated carbocycles. The molecular weight excluding hydrogens is 348 g/mol. The van der Waals surface area contributed by atoms with Crippen LogP contribution in [0.1, 0.15) is 56.2 Å². The van der Waals surface area contributed by atoms with E-state index < -0.39 is 0 Å². The van der Waals surface area contributed by atoms with Crippen molar-refractivity contribution in [2.45, 2.75) is 32.6 Å². The summed E-state index contributed by atoms with van der Waals surface area (Å²) in [5.74, 6) is -0.0648. The molecule has 0 radical (unpaired) electrons. The molecule has 3 nitrogen and oxygen atoms in total. The Morgan fingerprint density at radius 2 is 1.07 bits per heavy atom. The van der Waals surface area contributed by atoms with Gasteiger partial charge in [0.15, 0.2) is 11.6 Å². The lowest BCUT2D eigenvalue weighted by Gasteiger charge is -2.17. The first-order valence-electron chi connectivity index (χ1n) is 9.41. The van der Waals surface area contributed by atoms with E-state index in [0.29, 0.717) is 11.1 Å². The van der Waals surface area contributed by atoms with Crippen LogP contribution in [0.4, 0.5) is 0 Å². The predicted molar refractivity (Wildman–Crippen MR) is 111 cm³/mol. The van der Waals surface area contributed by atoms with Crippen molar-refractivity contribution in [3.63, 3.8) is 0 Å². The number of phenols is 1. The van der Waals surface area contributed by atoms with E-state index in [4.69, 9.17) is 0 Å². The highest BCUT2D eigenvalue weighted by atomic mass is 16.3. The molecule has 0 aliphatic heterocycles. The number of aromatic hydroxyl groups is 1. The van der Waals surface area contributed by atoms with Gasteiger partial charge in [-0.25, -0.2) is 0 Å². The summed E-state index contributed by atoms with van der Waals surface area (Å²) < 4.78 is 0. The molecule has 0 spiro atoms. The quantitative estimate of drug-likeness (QED) is 0.546. The summed E-state index contributed by atoms with van der Waals surface area (Å²) in [6.45, 7) is 3.96. The van der Waals surface area contributed by atoms with Crippen LogP contribution in [0, 0.1) is 13.8 Å². The van der Waals surface area contributed by atoms with E-state index in [9.17, 15) is 14.7 Å². The Morgan fingerprint density at radius 1 is 0.679 bits per heavy atom. The van der Waals surface area contributed by atoms with Crippen molar-refractivity contribution in [1.29, 1.82) is 0 Å².